The number of para-hydroxylation sites is 1. The molecule has 0 unspecified atom stereocenters. The zero-order valence-corrected chi connectivity index (χ0v) is 14.6. The molecular weight excluding hydrogens is 302 g/mol. The number of pyridine rings is 1. The molecule has 0 aliphatic carbocycles. The van der Waals surface area contributed by atoms with Crippen molar-refractivity contribution in [1.82, 2.24) is 9.88 Å². The molecule has 0 fully saturated rings. The van der Waals surface area contributed by atoms with Crippen LogP contribution in [0, 0.1) is 0 Å². The summed E-state index contributed by atoms with van der Waals surface area (Å²) in [5, 5.41) is 6.90. The summed E-state index contributed by atoms with van der Waals surface area (Å²) in [4.78, 5) is 8.45. The van der Waals surface area contributed by atoms with Crippen LogP contribution in [0.25, 0.3) is 21.5 Å². The van der Waals surface area contributed by atoms with Gasteiger partial charge >= 0.3 is 0 Å². The zero-order valence-electron chi connectivity index (χ0n) is 13.7. The van der Waals surface area contributed by atoms with Gasteiger partial charge in [-0.05, 0) is 36.7 Å². The van der Waals surface area contributed by atoms with E-state index in [1.165, 1.54) is 16.0 Å². The maximum Gasteiger partial charge on any atom is 0.0829 e. The van der Waals surface area contributed by atoms with Gasteiger partial charge in [0.15, 0.2) is 0 Å². The van der Waals surface area contributed by atoms with Gasteiger partial charge in [-0.3, -0.25) is 0 Å². The van der Waals surface area contributed by atoms with E-state index in [1.54, 1.807) is 11.3 Å². The Morgan fingerprint density at radius 3 is 2.65 bits per heavy atom. The Bertz CT molecular complexity index is 748. The number of fused-ring (bicyclic) bond motifs is 1. The molecule has 120 valence electrons. The average molecular weight is 325 g/mol. The number of hydrogen-bond acceptors (Lipinski definition) is 4. The number of rotatable bonds is 7. The molecular formula is C19H23N3S. The maximum absolute atomic E-state index is 4.81. The highest BCUT2D eigenvalue weighted by Crippen LogP contribution is 2.30. The molecule has 0 spiro atoms. The highest BCUT2D eigenvalue weighted by molar-refractivity contribution is 7.13. The summed E-state index contributed by atoms with van der Waals surface area (Å²) in [6.07, 6.45) is 0. The third kappa shape index (κ3) is 3.71. The van der Waals surface area contributed by atoms with E-state index in [9.17, 15) is 0 Å². The van der Waals surface area contributed by atoms with Gasteiger partial charge in [0, 0.05) is 24.2 Å². The van der Waals surface area contributed by atoms with Gasteiger partial charge in [-0.1, -0.05) is 38.1 Å². The lowest BCUT2D eigenvalue weighted by atomic mass is 10.1. The van der Waals surface area contributed by atoms with Crippen molar-refractivity contribution in [3.8, 4) is 10.6 Å². The van der Waals surface area contributed by atoms with Crippen molar-refractivity contribution in [2.45, 2.75) is 13.8 Å². The van der Waals surface area contributed by atoms with Gasteiger partial charge in [0.05, 0.1) is 16.1 Å². The monoisotopic (exact) mass is 325 g/mol. The summed E-state index contributed by atoms with van der Waals surface area (Å²) in [6.45, 7) is 8.60. The molecule has 3 aromatic rings. The van der Waals surface area contributed by atoms with Crippen LogP contribution in [0.3, 0.4) is 0 Å². The van der Waals surface area contributed by atoms with E-state index in [-0.39, 0.29) is 0 Å². The molecule has 2 aromatic heterocycles. The average Bonchev–Trinajstić information content (AvgIpc) is 3.13. The van der Waals surface area contributed by atoms with Crippen molar-refractivity contribution in [1.29, 1.82) is 0 Å². The zero-order chi connectivity index (χ0) is 16.1. The van der Waals surface area contributed by atoms with Crippen molar-refractivity contribution in [2.24, 2.45) is 0 Å². The van der Waals surface area contributed by atoms with E-state index < -0.39 is 0 Å². The minimum atomic E-state index is 0.944. The fraction of sp³-hybridized carbons (Fsp3) is 0.316. The largest absolute Gasteiger partial charge is 0.383 e. The summed E-state index contributed by atoms with van der Waals surface area (Å²) in [6, 6.07) is 14.7. The second kappa shape index (κ2) is 7.57. The number of anilines is 1. The number of likely N-dealkylation sites (N-methyl/N-ethyl adjacent to an activating group) is 1. The first-order chi connectivity index (χ1) is 11.3. The molecule has 0 saturated carbocycles. The van der Waals surface area contributed by atoms with Gasteiger partial charge in [0.2, 0.25) is 0 Å². The first-order valence-corrected chi connectivity index (χ1v) is 9.09. The lowest BCUT2D eigenvalue weighted by molar-refractivity contribution is 0.316. The SMILES string of the molecule is CCN(CC)CCNc1cc(-c2cccs2)nc2ccccc12. The van der Waals surface area contributed by atoms with Crippen molar-refractivity contribution < 1.29 is 0 Å². The molecule has 0 aliphatic heterocycles. The number of hydrogen-bond donors (Lipinski definition) is 1. The molecule has 2 heterocycles. The van der Waals surface area contributed by atoms with Crippen molar-refractivity contribution in [3.63, 3.8) is 0 Å². The van der Waals surface area contributed by atoms with Crippen LogP contribution < -0.4 is 5.32 Å². The Morgan fingerprint density at radius 1 is 1.09 bits per heavy atom. The third-order valence-corrected chi connectivity index (χ3v) is 5.02. The van der Waals surface area contributed by atoms with E-state index in [4.69, 9.17) is 4.98 Å². The van der Waals surface area contributed by atoms with Crippen molar-refractivity contribution >= 4 is 27.9 Å². The Morgan fingerprint density at radius 2 is 1.91 bits per heavy atom. The fourth-order valence-electron chi connectivity index (χ4n) is 2.76. The van der Waals surface area contributed by atoms with Crippen molar-refractivity contribution in [3.05, 3.63) is 47.8 Å². The molecule has 23 heavy (non-hydrogen) atoms. The van der Waals surface area contributed by atoms with Gasteiger partial charge in [-0.25, -0.2) is 4.98 Å². The van der Waals surface area contributed by atoms with E-state index in [2.05, 4.69) is 65.8 Å². The third-order valence-electron chi connectivity index (χ3n) is 4.13. The summed E-state index contributed by atoms with van der Waals surface area (Å²) in [5.74, 6) is 0. The minimum absolute atomic E-state index is 0.944. The summed E-state index contributed by atoms with van der Waals surface area (Å²) in [7, 11) is 0. The maximum atomic E-state index is 4.81. The molecule has 1 N–H and O–H groups in total. The van der Waals surface area contributed by atoms with Crippen LogP contribution in [0.1, 0.15) is 13.8 Å². The van der Waals surface area contributed by atoms with Crippen LogP contribution in [0.2, 0.25) is 0 Å². The molecule has 1 aromatic carbocycles. The smallest absolute Gasteiger partial charge is 0.0829 e. The fourth-order valence-corrected chi connectivity index (χ4v) is 3.45. The Kier molecular flexibility index (Phi) is 5.26. The van der Waals surface area contributed by atoms with Crippen LogP contribution in [-0.4, -0.2) is 36.1 Å². The van der Waals surface area contributed by atoms with Crippen molar-refractivity contribution in [2.75, 3.05) is 31.5 Å². The quantitative estimate of drug-likeness (QED) is 0.681. The van der Waals surface area contributed by atoms with E-state index >= 15 is 0 Å². The number of benzene rings is 1. The molecule has 0 aliphatic rings. The minimum Gasteiger partial charge on any atom is -0.383 e. The van der Waals surface area contributed by atoms with E-state index in [0.29, 0.717) is 0 Å². The normalized spacial score (nSPS) is 11.3. The lowest BCUT2D eigenvalue weighted by Gasteiger charge is -2.19. The van der Waals surface area contributed by atoms with Crippen LogP contribution in [0.15, 0.2) is 47.8 Å². The van der Waals surface area contributed by atoms with Gasteiger partial charge in [-0.2, -0.15) is 0 Å². The molecule has 3 nitrogen and oxygen atoms in total. The molecule has 0 atom stereocenters. The Balaban J connectivity index is 1.88. The Labute approximate surface area is 142 Å². The van der Waals surface area contributed by atoms with Gasteiger partial charge in [0.25, 0.3) is 0 Å². The summed E-state index contributed by atoms with van der Waals surface area (Å²) >= 11 is 1.73. The molecule has 3 rings (SSSR count). The molecule has 0 bridgehead atoms. The Hall–Kier alpha value is -1.91. The molecule has 0 amide bonds. The number of thiophene rings is 1. The van der Waals surface area contributed by atoms with E-state index in [0.717, 1.165) is 37.4 Å². The van der Waals surface area contributed by atoms with Crippen LogP contribution in [0.4, 0.5) is 5.69 Å². The first-order valence-electron chi connectivity index (χ1n) is 8.21. The first kappa shape index (κ1) is 16.0. The van der Waals surface area contributed by atoms with Gasteiger partial charge in [0.1, 0.15) is 0 Å². The highest BCUT2D eigenvalue weighted by Gasteiger charge is 2.08. The van der Waals surface area contributed by atoms with Gasteiger partial charge < -0.3 is 10.2 Å². The topological polar surface area (TPSA) is 28.2 Å². The molecule has 0 radical (unpaired) electrons. The molecule has 0 saturated heterocycles. The standard InChI is InChI=1S/C19H23N3S/c1-3-22(4-2)12-11-20-17-14-18(19-10-7-13-23-19)21-16-9-6-5-8-15(16)17/h5-10,13-14H,3-4,11-12H2,1-2H3,(H,20,21). The number of nitrogens with zero attached hydrogens (tertiary/aromatic N) is 2. The van der Waals surface area contributed by atoms with Gasteiger partial charge in [-0.15, -0.1) is 11.3 Å². The second-order valence-corrected chi connectivity index (χ2v) is 6.45. The predicted molar refractivity (Wildman–Crippen MR) is 101 cm³/mol. The summed E-state index contributed by atoms with van der Waals surface area (Å²) in [5.41, 5.74) is 3.26. The van der Waals surface area contributed by atoms with Crippen LogP contribution in [-0.2, 0) is 0 Å². The predicted octanol–water partition coefficient (Wildman–Crippen LogP) is 4.72. The number of aromatic nitrogens is 1. The highest BCUT2D eigenvalue weighted by atomic mass is 32.1. The van der Waals surface area contributed by atoms with Crippen LogP contribution in [0.5, 0.6) is 0 Å². The lowest BCUT2D eigenvalue weighted by Crippen LogP contribution is -2.28. The second-order valence-electron chi connectivity index (χ2n) is 5.50. The van der Waals surface area contributed by atoms with E-state index in [1.807, 2.05) is 6.07 Å². The van der Waals surface area contributed by atoms with Crippen LogP contribution >= 0.6 is 11.3 Å². The number of nitrogens with one attached hydrogen (secondary N) is 1. The molecule has 4 heteroatoms. The summed E-state index contributed by atoms with van der Waals surface area (Å²) < 4.78 is 0.